The molecule has 0 aliphatic carbocycles. The molecular weight excluding hydrogens is 548 g/mol. The molecule has 9 aromatic rings. The minimum Gasteiger partial charge on any atom is -0.456 e. The number of benzene rings is 7. The Labute approximate surface area is 260 Å². The second-order valence-corrected chi connectivity index (χ2v) is 11.4. The second kappa shape index (κ2) is 10.3. The van der Waals surface area contributed by atoms with E-state index in [1.165, 1.54) is 38.3 Å². The molecule has 2 heterocycles. The van der Waals surface area contributed by atoms with E-state index in [1.807, 2.05) is 12.1 Å². The van der Waals surface area contributed by atoms with Crippen LogP contribution in [0.1, 0.15) is 0 Å². The topological polar surface area (TPSA) is 21.3 Å². The summed E-state index contributed by atoms with van der Waals surface area (Å²) < 4.78 is 8.64. The number of aromatic nitrogens is 1. The lowest BCUT2D eigenvalue weighted by molar-refractivity contribution is 0.669. The number of furan rings is 1. The van der Waals surface area contributed by atoms with Gasteiger partial charge >= 0.3 is 0 Å². The Morgan fingerprint density at radius 1 is 0.378 bits per heavy atom. The maximum Gasteiger partial charge on any atom is 0.136 e. The molecule has 0 fully saturated rings. The Hall–Kier alpha value is -6.06. The molecule has 0 bridgehead atoms. The van der Waals surface area contributed by atoms with Gasteiger partial charge in [-0.1, -0.05) is 97.1 Å². The smallest absolute Gasteiger partial charge is 0.136 e. The van der Waals surface area contributed by atoms with Crippen molar-refractivity contribution in [1.29, 1.82) is 0 Å². The van der Waals surface area contributed by atoms with Crippen LogP contribution in [-0.2, 0) is 0 Å². The zero-order valence-corrected chi connectivity index (χ0v) is 24.5. The van der Waals surface area contributed by atoms with Crippen molar-refractivity contribution >= 4 is 60.8 Å². The highest BCUT2D eigenvalue weighted by atomic mass is 16.3. The highest BCUT2D eigenvalue weighted by Gasteiger charge is 2.19. The molecule has 0 atom stereocenters. The maximum atomic E-state index is 6.27. The van der Waals surface area contributed by atoms with Crippen molar-refractivity contribution in [3.63, 3.8) is 0 Å². The SMILES string of the molecule is c1ccc(-c2ccc(N(c3ccccc3)c3ccc(-n4c5ccccc5c5c6c(ccc54)oc4ccccc46)cc3)cc2)cc1. The fourth-order valence-electron chi connectivity index (χ4n) is 6.76. The largest absolute Gasteiger partial charge is 0.456 e. The average Bonchev–Trinajstić information content (AvgIpc) is 3.66. The van der Waals surface area contributed by atoms with E-state index in [9.17, 15) is 0 Å². The number of para-hydroxylation sites is 3. The fraction of sp³-hybridized carbons (Fsp3) is 0. The summed E-state index contributed by atoms with van der Waals surface area (Å²) >= 11 is 0. The van der Waals surface area contributed by atoms with E-state index in [4.69, 9.17) is 4.42 Å². The van der Waals surface area contributed by atoms with Crippen molar-refractivity contribution in [3.8, 4) is 16.8 Å². The summed E-state index contributed by atoms with van der Waals surface area (Å²) in [6.45, 7) is 0. The van der Waals surface area contributed by atoms with E-state index in [2.05, 4.69) is 167 Å². The van der Waals surface area contributed by atoms with E-state index in [1.54, 1.807) is 0 Å². The Kier molecular flexibility index (Phi) is 5.82. The van der Waals surface area contributed by atoms with Gasteiger partial charge < -0.3 is 13.9 Å². The number of fused-ring (bicyclic) bond motifs is 7. The lowest BCUT2D eigenvalue weighted by Gasteiger charge is -2.26. The van der Waals surface area contributed by atoms with Crippen LogP contribution in [-0.4, -0.2) is 4.57 Å². The third-order valence-corrected chi connectivity index (χ3v) is 8.79. The van der Waals surface area contributed by atoms with Crippen molar-refractivity contribution in [1.82, 2.24) is 4.57 Å². The van der Waals surface area contributed by atoms with Crippen molar-refractivity contribution < 1.29 is 4.42 Å². The molecule has 9 rings (SSSR count). The van der Waals surface area contributed by atoms with Crippen LogP contribution in [0, 0.1) is 0 Å². The van der Waals surface area contributed by atoms with Crippen molar-refractivity contribution in [2.75, 3.05) is 4.90 Å². The first-order valence-corrected chi connectivity index (χ1v) is 15.3. The lowest BCUT2D eigenvalue weighted by atomic mass is 10.0. The van der Waals surface area contributed by atoms with E-state index >= 15 is 0 Å². The maximum absolute atomic E-state index is 6.27. The zero-order chi connectivity index (χ0) is 29.7. The minimum absolute atomic E-state index is 0.915. The van der Waals surface area contributed by atoms with Crippen LogP contribution < -0.4 is 4.90 Å². The van der Waals surface area contributed by atoms with Gasteiger partial charge in [0.1, 0.15) is 11.2 Å². The number of rotatable bonds is 5. The van der Waals surface area contributed by atoms with Crippen LogP contribution in [0.5, 0.6) is 0 Å². The number of nitrogens with zero attached hydrogens (tertiary/aromatic N) is 2. The van der Waals surface area contributed by atoms with Crippen LogP contribution in [0.15, 0.2) is 174 Å². The summed E-state index contributed by atoms with van der Waals surface area (Å²) in [5, 5.41) is 4.76. The molecule has 0 aliphatic heterocycles. The molecule has 2 aromatic heterocycles. The number of hydrogen-bond donors (Lipinski definition) is 0. The molecule has 0 spiro atoms. The van der Waals surface area contributed by atoms with E-state index in [0.29, 0.717) is 0 Å². The molecule has 3 heteroatoms. The highest BCUT2D eigenvalue weighted by molar-refractivity contribution is 6.27. The predicted octanol–water partition coefficient (Wildman–Crippen LogP) is 11.8. The highest BCUT2D eigenvalue weighted by Crippen LogP contribution is 2.42. The van der Waals surface area contributed by atoms with Crippen LogP contribution in [0.25, 0.3) is 60.6 Å². The van der Waals surface area contributed by atoms with E-state index in [-0.39, 0.29) is 0 Å². The summed E-state index contributed by atoms with van der Waals surface area (Å²) in [6.07, 6.45) is 0. The van der Waals surface area contributed by atoms with Crippen LogP contribution in [0.3, 0.4) is 0 Å². The standard InChI is InChI=1S/C42H28N2O/c1-3-11-29(12-4-1)30-19-21-32(22-20-30)43(31-13-5-2-6-14-31)33-23-25-34(26-24-33)44-37-17-9-7-15-35(37)41-38(44)27-28-40-42(41)36-16-8-10-18-39(36)45-40/h1-28H. The molecule has 0 saturated carbocycles. The normalized spacial score (nSPS) is 11.6. The Bertz CT molecular complexity index is 2450. The Morgan fingerprint density at radius 3 is 1.71 bits per heavy atom. The van der Waals surface area contributed by atoms with Gasteiger partial charge in [0.05, 0.1) is 11.0 Å². The molecule has 45 heavy (non-hydrogen) atoms. The van der Waals surface area contributed by atoms with Crippen molar-refractivity contribution in [3.05, 3.63) is 170 Å². The second-order valence-electron chi connectivity index (χ2n) is 11.4. The molecular formula is C42H28N2O. The lowest BCUT2D eigenvalue weighted by Crippen LogP contribution is -2.10. The van der Waals surface area contributed by atoms with Gasteiger partial charge in [0, 0.05) is 44.3 Å². The summed E-state index contributed by atoms with van der Waals surface area (Å²) in [4.78, 5) is 2.31. The quantitative estimate of drug-likeness (QED) is 0.203. The summed E-state index contributed by atoms with van der Waals surface area (Å²) in [5.74, 6) is 0. The summed E-state index contributed by atoms with van der Waals surface area (Å²) in [6, 6.07) is 60.1. The van der Waals surface area contributed by atoms with Gasteiger partial charge in [-0.15, -0.1) is 0 Å². The third kappa shape index (κ3) is 4.13. The molecule has 3 nitrogen and oxygen atoms in total. The first-order chi connectivity index (χ1) is 22.3. The predicted molar refractivity (Wildman–Crippen MR) is 188 cm³/mol. The molecule has 212 valence electrons. The van der Waals surface area contributed by atoms with Gasteiger partial charge in [0.15, 0.2) is 0 Å². The third-order valence-electron chi connectivity index (χ3n) is 8.79. The van der Waals surface area contributed by atoms with Crippen LogP contribution in [0.4, 0.5) is 17.1 Å². The molecule has 0 saturated heterocycles. The first kappa shape index (κ1) is 25.4. The fourth-order valence-corrected chi connectivity index (χ4v) is 6.76. The first-order valence-electron chi connectivity index (χ1n) is 15.3. The molecule has 0 unspecified atom stereocenters. The van der Waals surface area contributed by atoms with Gasteiger partial charge in [0.2, 0.25) is 0 Å². The Balaban J connectivity index is 1.19. The van der Waals surface area contributed by atoms with E-state index < -0.39 is 0 Å². The molecule has 0 N–H and O–H groups in total. The van der Waals surface area contributed by atoms with Gasteiger partial charge in [0.25, 0.3) is 0 Å². The molecule has 0 amide bonds. The monoisotopic (exact) mass is 576 g/mol. The van der Waals surface area contributed by atoms with E-state index in [0.717, 1.165) is 39.3 Å². The molecule has 0 radical (unpaired) electrons. The zero-order valence-electron chi connectivity index (χ0n) is 24.5. The number of anilines is 3. The van der Waals surface area contributed by atoms with Gasteiger partial charge in [-0.2, -0.15) is 0 Å². The minimum atomic E-state index is 0.915. The van der Waals surface area contributed by atoms with Crippen molar-refractivity contribution in [2.24, 2.45) is 0 Å². The van der Waals surface area contributed by atoms with Crippen LogP contribution in [0.2, 0.25) is 0 Å². The molecule has 0 aliphatic rings. The van der Waals surface area contributed by atoms with Crippen LogP contribution >= 0.6 is 0 Å². The van der Waals surface area contributed by atoms with Gasteiger partial charge in [-0.3, -0.25) is 0 Å². The summed E-state index contributed by atoms with van der Waals surface area (Å²) in [5.41, 5.74) is 11.0. The summed E-state index contributed by atoms with van der Waals surface area (Å²) in [7, 11) is 0. The van der Waals surface area contributed by atoms with Gasteiger partial charge in [-0.05, 0) is 83.9 Å². The van der Waals surface area contributed by atoms with Crippen molar-refractivity contribution in [2.45, 2.75) is 0 Å². The average molecular weight is 577 g/mol. The number of hydrogen-bond acceptors (Lipinski definition) is 2. The molecule has 7 aromatic carbocycles. The van der Waals surface area contributed by atoms with Gasteiger partial charge in [-0.25, -0.2) is 0 Å². The Morgan fingerprint density at radius 2 is 0.956 bits per heavy atom.